The number of rotatable bonds is 23. The molecule has 0 aliphatic carbocycles. The Morgan fingerprint density at radius 3 is 1.77 bits per heavy atom. The average Bonchev–Trinajstić information content (AvgIpc) is 2.95. The van der Waals surface area contributed by atoms with E-state index in [2.05, 4.69) is 12.2 Å². The van der Waals surface area contributed by atoms with Crippen molar-refractivity contribution in [1.29, 1.82) is 0 Å². The third-order valence-electron chi connectivity index (χ3n) is 7.27. The molecule has 2 aromatic carbocycles. The first-order valence-electron chi connectivity index (χ1n) is 15.5. The van der Waals surface area contributed by atoms with Gasteiger partial charge in [-0.2, -0.15) is 0 Å². The standard InChI is InChI=1S/C34H51NO4S/c1-3-4-5-6-7-8-9-10-11-12-13-14-15-16-17-18-25-39-30-22-19-28(20-23-30)26-33(36)35-29-21-24-32(40-2)31(27-29)34(37)38/h19-24,27H,3-18,25-26H2,1-2H3,(H,35,36)(H,37,38). The van der Waals surface area contributed by atoms with Crippen LogP contribution in [0.15, 0.2) is 47.4 Å². The molecular weight excluding hydrogens is 518 g/mol. The first-order chi connectivity index (χ1) is 19.5. The van der Waals surface area contributed by atoms with Crippen molar-refractivity contribution in [1.82, 2.24) is 0 Å². The van der Waals surface area contributed by atoms with Gasteiger partial charge in [-0.05, 0) is 48.6 Å². The summed E-state index contributed by atoms with van der Waals surface area (Å²) < 4.78 is 5.88. The molecule has 40 heavy (non-hydrogen) atoms. The van der Waals surface area contributed by atoms with Gasteiger partial charge in [0.15, 0.2) is 0 Å². The number of ether oxygens (including phenoxy) is 1. The van der Waals surface area contributed by atoms with E-state index in [4.69, 9.17) is 4.74 Å². The van der Waals surface area contributed by atoms with Crippen LogP contribution < -0.4 is 10.1 Å². The van der Waals surface area contributed by atoms with Crippen molar-refractivity contribution in [3.8, 4) is 5.75 Å². The molecule has 6 heteroatoms. The second-order valence-corrected chi connectivity index (χ2v) is 11.6. The maximum Gasteiger partial charge on any atom is 0.336 e. The van der Waals surface area contributed by atoms with E-state index >= 15 is 0 Å². The molecule has 0 unspecified atom stereocenters. The first kappa shape index (κ1) is 33.7. The SMILES string of the molecule is CCCCCCCCCCCCCCCCCCOc1ccc(CC(=O)Nc2ccc(SC)c(C(=O)O)c2)cc1. The van der Waals surface area contributed by atoms with E-state index < -0.39 is 5.97 Å². The molecule has 2 aromatic rings. The Morgan fingerprint density at radius 1 is 0.750 bits per heavy atom. The highest BCUT2D eigenvalue weighted by molar-refractivity contribution is 7.98. The van der Waals surface area contributed by atoms with Crippen LogP contribution in [-0.4, -0.2) is 29.8 Å². The van der Waals surface area contributed by atoms with Crippen LogP contribution in [-0.2, 0) is 11.2 Å². The monoisotopic (exact) mass is 569 g/mol. The van der Waals surface area contributed by atoms with Crippen LogP contribution in [0.3, 0.4) is 0 Å². The Labute approximate surface area is 246 Å². The van der Waals surface area contributed by atoms with Crippen LogP contribution in [0.25, 0.3) is 0 Å². The molecule has 222 valence electrons. The van der Waals surface area contributed by atoms with Gasteiger partial charge in [0.2, 0.25) is 5.91 Å². The zero-order valence-electron chi connectivity index (χ0n) is 24.8. The number of carboxylic acid groups (broad SMARTS) is 1. The molecule has 0 heterocycles. The minimum atomic E-state index is -1.00. The Morgan fingerprint density at radius 2 is 1.27 bits per heavy atom. The fraction of sp³-hybridized carbons (Fsp3) is 0.588. The van der Waals surface area contributed by atoms with Gasteiger partial charge in [0.25, 0.3) is 0 Å². The molecule has 0 aliphatic rings. The highest BCUT2D eigenvalue weighted by atomic mass is 32.2. The molecule has 0 aromatic heterocycles. The Bertz CT molecular complexity index is 976. The second-order valence-electron chi connectivity index (χ2n) is 10.7. The van der Waals surface area contributed by atoms with Crippen molar-refractivity contribution in [2.75, 3.05) is 18.2 Å². The van der Waals surface area contributed by atoms with E-state index in [1.807, 2.05) is 30.5 Å². The number of anilines is 1. The maximum atomic E-state index is 12.5. The number of hydrogen-bond acceptors (Lipinski definition) is 4. The normalized spacial score (nSPS) is 10.9. The number of benzene rings is 2. The molecule has 0 saturated carbocycles. The molecule has 0 aliphatic heterocycles. The molecule has 0 fully saturated rings. The van der Waals surface area contributed by atoms with Crippen LogP contribution >= 0.6 is 11.8 Å². The third-order valence-corrected chi connectivity index (χ3v) is 8.06. The van der Waals surface area contributed by atoms with E-state index in [0.717, 1.165) is 24.3 Å². The average molecular weight is 570 g/mol. The minimum Gasteiger partial charge on any atom is -0.494 e. The van der Waals surface area contributed by atoms with E-state index in [-0.39, 0.29) is 17.9 Å². The van der Waals surface area contributed by atoms with Crippen LogP contribution in [0.5, 0.6) is 5.75 Å². The number of hydrogen-bond donors (Lipinski definition) is 2. The molecule has 2 N–H and O–H groups in total. The summed E-state index contributed by atoms with van der Waals surface area (Å²) in [5.74, 6) is -0.366. The van der Waals surface area contributed by atoms with Crippen LogP contribution in [0.1, 0.15) is 126 Å². The van der Waals surface area contributed by atoms with E-state index in [0.29, 0.717) is 10.6 Å². The highest BCUT2D eigenvalue weighted by Gasteiger charge is 2.12. The quantitative estimate of drug-likeness (QED) is 0.103. The lowest BCUT2D eigenvalue weighted by molar-refractivity contribution is -0.115. The van der Waals surface area contributed by atoms with Gasteiger partial charge in [-0.15, -0.1) is 11.8 Å². The van der Waals surface area contributed by atoms with Crippen LogP contribution in [0.4, 0.5) is 5.69 Å². The fourth-order valence-electron chi connectivity index (χ4n) is 4.89. The number of carbonyl (C=O) groups excluding carboxylic acids is 1. The zero-order valence-corrected chi connectivity index (χ0v) is 25.7. The number of carboxylic acids is 1. The van der Waals surface area contributed by atoms with Crippen molar-refractivity contribution >= 4 is 29.3 Å². The molecule has 0 spiro atoms. The lowest BCUT2D eigenvalue weighted by Gasteiger charge is -2.10. The fourth-order valence-corrected chi connectivity index (χ4v) is 5.46. The van der Waals surface area contributed by atoms with Crippen LogP contribution in [0.2, 0.25) is 0 Å². The molecule has 0 saturated heterocycles. The van der Waals surface area contributed by atoms with Crippen molar-refractivity contribution in [2.45, 2.75) is 121 Å². The van der Waals surface area contributed by atoms with Gasteiger partial charge in [0.05, 0.1) is 18.6 Å². The number of carbonyl (C=O) groups is 2. The summed E-state index contributed by atoms with van der Waals surface area (Å²) in [5.41, 5.74) is 1.56. The summed E-state index contributed by atoms with van der Waals surface area (Å²) in [7, 11) is 0. The highest BCUT2D eigenvalue weighted by Crippen LogP contribution is 2.24. The van der Waals surface area contributed by atoms with Crippen molar-refractivity contribution < 1.29 is 19.4 Å². The summed E-state index contributed by atoms with van der Waals surface area (Å²) in [6.07, 6.45) is 23.8. The predicted octanol–water partition coefficient (Wildman–Crippen LogP) is 9.93. The molecule has 0 radical (unpaired) electrons. The summed E-state index contributed by atoms with van der Waals surface area (Å²) in [6, 6.07) is 12.6. The lowest BCUT2D eigenvalue weighted by atomic mass is 10.0. The van der Waals surface area contributed by atoms with E-state index in [1.54, 1.807) is 12.1 Å². The Balaban J connectivity index is 1.48. The molecule has 1 amide bonds. The molecule has 2 rings (SSSR count). The van der Waals surface area contributed by atoms with Crippen molar-refractivity contribution in [2.24, 2.45) is 0 Å². The largest absolute Gasteiger partial charge is 0.494 e. The van der Waals surface area contributed by atoms with Gasteiger partial charge in [-0.3, -0.25) is 4.79 Å². The summed E-state index contributed by atoms with van der Waals surface area (Å²) in [6.45, 7) is 3.00. The number of thioether (sulfide) groups is 1. The molecule has 0 bridgehead atoms. The lowest BCUT2D eigenvalue weighted by Crippen LogP contribution is -2.15. The summed E-state index contributed by atoms with van der Waals surface area (Å²) in [4.78, 5) is 24.6. The van der Waals surface area contributed by atoms with Crippen molar-refractivity contribution in [3.63, 3.8) is 0 Å². The van der Waals surface area contributed by atoms with Crippen LogP contribution in [0, 0.1) is 0 Å². The summed E-state index contributed by atoms with van der Waals surface area (Å²) in [5, 5.41) is 12.2. The molecular formula is C34H51NO4S. The van der Waals surface area contributed by atoms with Gasteiger partial charge in [-0.25, -0.2) is 4.79 Å². The Hall–Kier alpha value is -2.47. The Kier molecular flexibility index (Phi) is 18.0. The smallest absolute Gasteiger partial charge is 0.336 e. The number of aromatic carboxylic acids is 1. The van der Waals surface area contributed by atoms with Gasteiger partial charge in [0.1, 0.15) is 5.75 Å². The molecule has 5 nitrogen and oxygen atoms in total. The van der Waals surface area contributed by atoms with E-state index in [1.165, 1.54) is 114 Å². The van der Waals surface area contributed by atoms with E-state index in [9.17, 15) is 14.7 Å². The second kappa shape index (κ2) is 21.3. The minimum absolute atomic E-state index is 0.185. The van der Waals surface area contributed by atoms with Gasteiger partial charge in [0, 0.05) is 10.6 Å². The maximum absolute atomic E-state index is 12.5. The predicted molar refractivity (Wildman–Crippen MR) is 169 cm³/mol. The van der Waals surface area contributed by atoms with Gasteiger partial charge in [-0.1, -0.05) is 115 Å². The molecule has 0 atom stereocenters. The summed E-state index contributed by atoms with van der Waals surface area (Å²) >= 11 is 1.37. The third kappa shape index (κ3) is 14.8. The topological polar surface area (TPSA) is 75.6 Å². The van der Waals surface area contributed by atoms with Gasteiger partial charge < -0.3 is 15.2 Å². The number of nitrogens with one attached hydrogen (secondary N) is 1. The van der Waals surface area contributed by atoms with Gasteiger partial charge >= 0.3 is 5.97 Å². The zero-order chi connectivity index (χ0) is 28.8. The number of amides is 1. The first-order valence-corrected chi connectivity index (χ1v) is 16.7. The van der Waals surface area contributed by atoms with Crippen molar-refractivity contribution in [3.05, 3.63) is 53.6 Å². The number of unbranched alkanes of at least 4 members (excludes halogenated alkanes) is 15.